The van der Waals surface area contributed by atoms with Crippen molar-refractivity contribution in [2.45, 2.75) is 63.9 Å². The van der Waals surface area contributed by atoms with Crippen molar-refractivity contribution in [1.29, 1.82) is 5.26 Å². The van der Waals surface area contributed by atoms with Crippen molar-refractivity contribution >= 4 is 35.8 Å². The molecule has 1 amide bonds. The number of benzene rings is 2. The average Bonchev–Trinajstić information content (AvgIpc) is 3.45. The van der Waals surface area contributed by atoms with Gasteiger partial charge in [0.05, 0.1) is 40.4 Å². The molecule has 202 valence electrons. The summed E-state index contributed by atoms with van der Waals surface area (Å²) < 4.78 is 7.57. The third-order valence-corrected chi connectivity index (χ3v) is 13.4. The van der Waals surface area contributed by atoms with Crippen molar-refractivity contribution in [3.63, 3.8) is 0 Å². The van der Waals surface area contributed by atoms with Gasteiger partial charge < -0.3 is 14.3 Å². The minimum atomic E-state index is -1.87. The number of nitrogens with one attached hydrogen (secondary N) is 1. The van der Waals surface area contributed by atoms with Gasteiger partial charge in [-0.2, -0.15) is 5.26 Å². The predicted octanol–water partition coefficient (Wildman–Crippen LogP) is 5.30. The zero-order valence-electron chi connectivity index (χ0n) is 23.2. The van der Waals surface area contributed by atoms with Gasteiger partial charge in [-0.3, -0.25) is 14.5 Å². The second-order valence-electron chi connectivity index (χ2n) is 11.8. The fraction of sp³-hybridized carbons (Fsp3) is 0.483. The fourth-order valence-corrected chi connectivity index (χ4v) is 6.84. The minimum Gasteiger partial charge on any atom is -0.413 e. The second kappa shape index (κ2) is 11.1. The van der Waals surface area contributed by atoms with E-state index in [2.05, 4.69) is 49.8 Å². The molecule has 0 radical (unpaired) electrons. The summed E-state index contributed by atoms with van der Waals surface area (Å²) in [7, 11) is -0.0216. The standard InChI is InChI=1S/C29H38N4O3SSi/c1-29(2,3)38(5,6)36-23-12-13-33(18-23)19-25(22-9-7-8-21(14-22)17-30)32(4)27(34)16-20-10-11-26-24(15-20)31-28(35)37-26/h7-11,14-15,23,25H,12-13,16,18-19H2,1-6H3,(H,31,35)/t23-,25+/m0/s1. The maximum absolute atomic E-state index is 13.5. The van der Waals surface area contributed by atoms with E-state index >= 15 is 0 Å². The first-order valence-corrected chi connectivity index (χ1v) is 16.9. The molecule has 4 rings (SSSR count). The van der Waals surface area contributed by atoms with Crippen LogP contribution in [-0.2, 0) is 15.6 Å². The highest BCUT2D eigenvalue weighted by Crippen LogP contribution is 2.38. The van der Waals surface area contributed by atoms with Crippen molar-refractivity contribution in [3.05, 3.63) is 68.8 Å². The van der Waals surface area contributed by atoms with Crippen LogP contribution in [0.4, 0.5) is 0 Å². The Labute approximate surface area is 230 Å². The topological polar surface area (TPSA) is 89.4 Å². The molecular weight excluding hydrogens is 512 g/mol. The number of hydrogen-bond acceptors (Lipinski definition) is 6. The number of likely N-dealkylation sites (N-methyl/N-ethyl adjacent to an activating group) is 1. The van der Waals surface area contributed by atoms with Crippen LogP contribution in [-0.4, -0.2) is 61.8 Å². The maximum Gasteiger partial charge on any atom is 0.305 e. The molecule has 1 aromatic heterocycles. The van der Waals surface area contributed by atoms with Crippen molar-refractivity contribution in [2.24, 2.45) is 0 Å². The van der Waals surface area contributed by atoms with E-state index in [-0.39, 0.29) is 34.4 Å². The Morgan fingerprint density at radius 3 is 2.76 bits per heavy atom. The molecule has 2 atom stereocenters. The van der Waals surface area contributed by atoms with Gasteiger partial charge in [0.2, 0.25) is 5.91 Å². The quantitative estimate of drug-likeness (QED) is 0.385. The third-order valence-electron chi connectivity index (χ3n) is 8.03. The zero-order chi connectivity index (χ0) is 27.7. The van der Waals surface area contributed by atoms with E-state index in [9.17, 15) is 14.9 Å². The van der Waals surface area contributed by atoms with Gasteiger partial charge in [0, 0.05) is 26.7 Å². The predicted molar refractivity (Wildman–Crippen MR) is 156 cm³/mol. The van der Waals surface area contributed by atoms with Crippen LogP contribution in [0.1, 0.15) is 49.9 Å². The highest BCUT2D eigenvalue weighted by atomic mass is 32.1. The first kappa shape index (κ1) is 28.2. The molecule has 3 aromatic rings. The number of carbonyl (C=O) groups excluding carboxylic acids is 1. The lowest BCUT2D eigenvalue weighted by Gasteiger charge is -2.38. The largest absolute Gasteiger partial charge is 0.413 e. The number of aromatic nitrogens is 1. The third kappa shape index (κ3) is 6.44. The molecule has 0 bridgehead atoms. The van der Waals surface area contributed by atoms with E-state index in [1.165, 1.54) is 11.3 Å². The Kier molecular flexibility index (Phi) is 8.28. The molecule has 1 N–H and O–H groups in total. The molecule has 1 fully saturated rings. The summed E-state index contributed by atoms with van der Waals surface area (Å²) in [6, 6.07) is 15.3. The number of rotatable bonds is 8. The average molecular weight is 551 g/mol. The van der Waals surface area contributed by atoms with Crippen molar-refractivity contribution in [1.82, 2.24) is 14.8 Å². The molecule has 0 aliphatic carbocycles. The molecule has 1 saturated heterocycles. The Balaban J connectivity index is 1.51. The van der Waals surface area contributed by atoms with Gasteiger partial charge in [0.25, 0.3) is 0 Å². The summed E-state index contributed by atoms with van der Waals surface area (Å²) in [4.78, 5) is 32.1. The normalized spacial score (nSPS) is 17.4. The number of thiazole rings is 1. The van der Waals surface area contributed by atoms with E-state index in [1.54, 1.807) is 11.0 Å². The number of carbonyl (C=O) groups is 1. The molecule has 2 aromatic carbocycles. The molecule has 38 heavy (non-hydrogen) atoms. The Hall–Kier alpha value is -2.77. The SMILES string of the molecule is CN(C(=O)Cc1ccc2sc(=O)[nH]c2c1)[C@H](CN1CC[C@H](O[Si](C)(C)C(C)(C)C)C1)c1cccc(C#N)c1. The molecule has 0 unspecified atom stereocenters. The van der Waals surface area contributed by atoms with Gasteiger partial charge in [0.1, 0.15) is 0 Å². The Morgan fingerprint density at radius 1 is 1.29 bits per heavy atom. The first-order chi connectivity index (χ1) is 17.9. The van der Waals surface area contributed by atoms with E-state index in [4.69, 9.17) is 4.43 Å². The summed E-state index contributed by atoms with van der Waals surface area (Å²) in [6.45, 7) is 13.8. The van der Waals surface area contributed by atoms with E-state index in [0.29, 0.717) is 12.1 Å². The first-order valence-electron chi connectivity index (χ1n) is 13.1. The lowest BCUT2D eigenvalue weighted by atomic mass is 10.0. The number of likely N-dealkylation sites (tertiary alicyclic amines) is 1. The number of fused-ring (bicyclic) bond motifs is 1. The summed E-state index contributed by atoms with van der Waals surface area (Å²) in [5.74, 6) is -0.0115. The fourth-order valence-electron chi connectivity index (χ4n) is 4.75. The maximum atomic E-state index is 13.5. The summed E-state index contributed by atoms with van der Waals surface area (Å²) in [5, 5.41) is 9.65. The van der Waals surface area contributed by atoms with Crippen LogP contribution in [0.15, 0.2) is 47.3 Å². The van der Waals surface area contributed by atoms with Gasteiger partial charge in [0.15, 0.2) is 8.32 Å². The van der Waals surface area contributed by atoms with Crippen molar-refractivity contribution in [3.8, 4) is 6.07 Å². The van der Waals surface area contributed by atoms with Gasteiger partial charge >= 0.3 is 4.87 Å². The molecular formula is C29H38N4O3SSi. The van der Waals surface area contributed by atoms with Crippen molar-refractivity contribution in [2.75, 3.05) is 26.7 Å². The number of amides is 1. The Morgan fingerprint density at radius 2 is 2.05 bits per heavy atom. The lowest BCUT2D eigenvalue weighted by Crippen LogP contribution is -2.45. The van der Waals surface area contributed by atoms with E-state index in [1.807, 2.05) is 43.4 Å². The summed E-state index contributed by atoms with van der Waals surface area (Å²) in [5.41, 5.74) is 3.15. The summed E-state index contributed by atoms with van der Waals surface area (Å²) in [6.07, 6.45) is 1.41. The second-order valence-corrected chi connectivity index (χ2v) is 17.6. The molecule has 0 saturated carbocycles. The van der Waals surface area contributed by atoms with Crippen LogP contribution in [0.2, 0.25) is 18.1 Å². The van der Waals surface area contributed by atoms with Gasteiger partial charge in [-0.25, -0.2) is 0 Å². The number of hydrogen-bond donors (Lipinski definition) is 1. The van der Waals surface area contributed by atoms with Gasteiger partial charge in [-0.1, -0.05) is 50.3 Å². The number of aromatic amines is 1. The van der Waals surface area contributed by atoms with Gasteiger partial charge in [-0.15, -0.1) is 0 Å². The van der Waals surface area contributed by atoms with Crippen LogP contribution in [0, 0.1) is 11.3 Å². The van der Waals surface area contributed by atoms with Crippen molar-refractivity contribution < 1.29 is 9.22 Å². The van der Waals surface area contributed by atoms with E-state index < -0.39 is 8.32 Å². The molecule has 9 heteroatoms. The van der Waals surface area contributed by atoms with E-state index in [0.717, 1.165) is 40.9 Å². The van der Waals surface area contributed by atoms with Crippen LogP contribution < -0.4 is 4.87 Å². The molecule has 7 nitrogen and oxygen atoms in total. The monoisotopic (exact) mass is 550 g/mol. The van der Waals surface area contributed by atoms with Crippen LogP contribution in [0.25, 0.3) is 10.2 Å². The molecule has 1 aliphatic heterocycles. The Bertz CT molecular complexity index is 1400. The van der Waals surface area contributed by atoms with Crippen LogP contribution in [0.5, 0.6) is 0 Å². The van der Waals surface area contributed by atoms with Gasteiger partial charge in [-0.05, 0) is 59.9 Å². The number of nitrogens with zero attached hydrogens (tertiary/aromatic N) is 3. The molecule has 2 heterocycles. The molecule has 1 aliphatic rings. The molecule has 0 spiro atoms. The number of H-pyrrole nitrogens is 1. The zero-order valence-corrected chi connectivity index (χ0v) is 25.0. The smallest absolute Gasteiger partial charge is 0.305 e. The highest BCUT2D eigenvalue weighted by molar-refractivity contribution is 7.16. The van der Waals surface area contributed by atoms with Crippen LogP contribution >= 0.6 is 11.3 Å². The van der Waals surface area contributed by atoms with Crippen LogP contribution in [0.3, 0.4) is 0 Å². The number of nitriles is 1. The summed E-state index contributed by atoms with van der Waals surface area (Å²) >= 11 is 1.17. The highest BCUT2D eigenvalue weighted by Gasteiger charge is 2.41. The minimum absolute atomic E-state index is 0.0115. The lowest BCUT2D eigenvalue weighted by molar-refractivity contribution is -0.131.